The molecular weight excluding hydrogens is 473 g/mol. The summed E-state index contributed by atoms with van der Waals surface area (Å²) in [6, 6.07) is 3.33. The van der Waals surface area contributed by atoms with E-state index in [-0.39, 0.29) is 11.9 Å². The Bertz CT molecular complexity index is 1450. The van der Waals surface area contributed by atoms with Crippen molar-refractivity contribution in [1.29, 1.82) is 0 Å². The predicted octanol–water partition coefficient (Wildman–Crippen LogP) is 6.78. The minimum absolute atomic E-state index is 0.277. The van der Waals surface area contributed by atoms with Gasteiger partial charge in [0, 0.05) is 31.1 Å². The SMILES string of the molecule is C=C1\C=C/C(c2c[nH]nc2-c2ccc(F)c(C)n2)=C/C=C/C1=C/C(=C\C)C(/C=N\C)=C\C(=C)C1CC(N)C1. The molecule has 0 aliphatic heterocycles. The summed E-state index contributed by atoms with van der Waals surface area (Å²) >= 11 is 0. The van der Waals surface area contributed by atoms with Gasteiger partial charge in [0.1, 0.15) is 11.5 Å². The van der Waals surface area contributed by atoms with Crippen molar-refractivity contribution in [3.8, 4) is 11.4 Å². The molecule has 2 aliphatic rings. The highest BCUT2D eigenvalue weighted by atomic mass is 19.1. The number of aryl methyl sites for hydroxylation is 1. The highest BCUT2D eigenvalue weighted by Crippen LogP contribution is 2.34. The van der Waals surface area contributed by atoms with Gasteiger partial charge in [-0.1, -0.05) is 55.2 Å². The number of nitrogens with two attached hydrogens (primary N) is 1. The van der Waals surface area contributed by atoms with E-state index < -0.39 is 0 Å². The first kappa shape index (κ1) is 26.9. The van der Waals surface area contributed by atoms with Crippen LogP contribution < -0.4 is 5.73 Å². The molecule has 0 radical (unpaired) electrons. The molecule has 0 spiro atoms. The maximum absolute atomic E-state index is 13.8. The fraction of sp³-hybridized carbons (Fsp3) is 0.219. The van der Waals surface area contributed by atoms with E-state index in [2.05, 4.69) is 51.6 Å². The van der Waals surface area contributed by atoms with E-state index in [1.165, 1.54) is 6.07 Å². The number of allylic oxidation sites excluding steroid dienone is 14. The maximum Gasteiger partial charge on any atom is 0.144 e. The van der Waals surface area contributed by atoms with Crippen LogP contribution in [0.3, 0.4) is 0 Å². The monoisotopic (exact) mass is 507 g/mol. The number of hydrogen-bond acceptors (Lipinski definition) is 4. The summed E-state index contributed by atoms with van der Waals surface area (Å²) in [5.74, 6) is 0.0929. The third-order valence-electron chi connectivity index (χ3n) is 6.87. The second-order valence-electron chi connectivity index (χ2n) is 9.58. The summed E-state index contributed by atoms with van der Waals surface area (Å²) in [5, 5.41) is 7.30. The minimum atomic E-state index is -0.338. The van der Waals surface area contributed by atoms with Gasteiger partial charge < -0.3 is 5.73 Å². The first-order valence-electron chi connectivity index (χ1n) is 12.7. The Hall–Kier alpha value is -4.16. The molecule has 0 bridgehead atoms. The van der Waals surface area contributed by atoms with Crippen LogP contribution in [-0.4, -0.2) is 34.5 Å². The zero-order chi connectivity index (χ0) is 27.2. The van der Waals surface area contributed by atoms with Gasteiger partial charge in [0.2, 0.25) is 0 Å². The topological polar surface area (TPSA) is 80.0 Å². The van der Waals surface area contributed by atoms with Crippen molar-refractivity contribution < 1.29 is 4.39 Å². The third kappa shape index (κ3) is 6.03. The van der Waals surface area contributed by atoms with Crippen LogP contribution in [0.5, 0.6) is 0 Å². The normalized spacial score (nSPS) is 24.5. The largest absolute Gasteiger partial charge is 0.328 e. The quantitative estimate of drug-likeness (QED) is 0.320. The van der Waals surface area contributed by atoms with Gasteiger partial charge in [0.05, 0.1) is 11.4 Å². The summed E-state index contributed by atoms with van der Waals surface area (Å²) in [7, 11) is 1.77. The summed E-state index contributed by atoms with van der Waals surface area (Å²) < 4.78 is 13.8. The lowest BCUT2D eigenvalue weighted by atomic mass is 9.76. The van der Waals surface area contributed by atoms with Crippen LogP contribution in [0.25, 0.3) is 17.0 Å². The molecule has 194 valence electrons. The number of nitrogens with zero attached hydrogens (tertiary/aromatic N) is 3. The Labute approximate surface area is 224 Å². The summed E-state index contributed by atoms with van der Waals surface area (Å²) in [5.41, 5.74) is 14.4. The number of rotatable bonds is 7. The van der Waals surface area contributed by atoms with Crippen molar-refractivity contribution >= 4 is 11.8 Å². The molecule has 0 saturated heterocycles. The average Bonchev–Trinajstić information content (AvgIpc) is 3.35. The van der Waals surface area contributed by atoms with Gasteiger partial charge in [0.15, 0.2) is 0 Å². The van der Waals surface area contributed by atoms with Crippen LogP contribution in [0.1, 0.15) is 31.0 Å². The molecule has 2 heterocycles. The van der Waals surface area contributed by atoms with Crippen LogP contribution in [-0.2, 0) is 0 Å². The van der Waals surface area contributed by atoms with Crippen LogP contribution >= 0.6 is 0 Å². The van der Waals surface area contributed by atoms with E-state index in [0.717, 1.165) is 51.8 Å². The highest BCUT2D eigenvalue weighted by molar-refractivity contribution is 5.87. The first-order chi connectivity index (χ1) is 18.3. The Morgan fingerprint density at radius 1 is 1.21 bits per heavy atom. The molecule has 2 aromatic rings. The van der Waals surface area contributed by atoms with E-state index in [4.69, 9.17) is 5.73 Å². The van der Waals surface area contributed by atoms with E-state index in [9.17, 15) is 4.39 Å². The average molecular weight is 508 g/mol. The second-order valence-corrected chi connectivity index (χ2v) is 9.58. The third-order valence-corrected chi connectivity index (χ3v) is 6.87. The Kier molecular flexibility index (Phi) is 8.44. The number of halogens is 1. The minimum Gasteiger partial charge on any atom is -0.328 e. The number of H-pyrrole nitrogens is 1. The smallest absolute Gasteiger partial charge is 0.144 e. The van der Waals surface area contributed by atoms with Crippen LogP contribution in [0, 0.1) is 18.7 Å². The molecule has 5 nitrogen and oxygen atoms in total. The van der Waals surface area contributed by atoms with Crippen molar-refractivity contribution in [2.75, 3.05) is 7.05 Å². The molecule has 38 heavy (non-hydrogen) atoms. The molecule has 0 amide bonds. The van der Waals surface area contributed by atoms with Crippen LogP contribution in [0.4, 0.5) is 4.39 Å². The number of pyridine rings is 1. The number of hydrogen-bond donors (Lipinski definition) is 2. The van der Waals surface area contributed by atoms with E-state index in [1.807, 2.05) is 49.7 Å². The summed E-state index contributed by atoms with van der Waals surface area (Å²) in [4.78, 5) is 8.64. The molecule has 1 saturated carbocycles. The zero-order valence-corrected chi connectivity index (χ0v) is 22.2. The molecule has 6 heteroatoms. The molecule has 0 unspecified atom stereocenters. The molecule has 0 atom stereocenters. The Balaban J connectivity index is 1.62. The zero-order valence-electron chi connectivity index (χ0n) is 22.2. The Morgan fingerprint density at radius 2 is 2.00 bits per heavy atom. The fourth-order valence-electron chi connectivity index (χ4n) is 4.52. The van der Waals surface area contributed by atoms with E-state index in [1.54, 1.807) is 20.0 Å². The molecule has 2 aliphatic carbocycles. The van der Waals surface area contributed by atoms with Crippen molar-refractivity contribution in [3.05, 3.63) is 125 Å². The van der Waals surface area contributed by atoms with Gasteiger partial charge in [-0.15, -0.1) is 0 Å². The number of aromatic amines is 1. The molecular formula is C32H34FN5. The number of aliphatic imine (C=N–C) groups is 1. The van der Waals surface area contributed by atoms with E-state index in [0.29, 0.717) is 23.0 Å². The molecule has 3 N–H and O–H groups in total. The van der Waals surface area contributed by atoms with Crippen molar-refractivity contribution in [3.63, 3.8) is 0 Å². The first-order valence-corrected chi connectivity index (χ1v) is 12.7. The molecule has 2 aromatic heterocycles. The summed E-state index contributed by atoms with van der Waals surface area (Å²) in [6.45, 7) is 12.3. The molecule has 4 rings (SSSR count). The lowest BCUT2D eigenvalue weighted by Crippen LogP contribution is -2.36. The van der Waals surface area contributed by atoms with Crippen LogP contribution in [0.2, 0.25) is 0 Å². The lowest BCUT2D eigenvalue weighted by molar-refractivity contribution is 0.314. The van der Waals surface area contributed by atoms with Gasteiger partial charge in [-0.2, -0.15) is 5.10 Å². The van der Waals surface area contributed by atoms with Crippen LogP contribution in [0.15, 0.2) is 113 Å². The van der Waals surface area contributed by atoms with Gasteiger partial charge in [-0.3, -0.25) is 10.1 Å². The molecule has 0 aromatic carbocycles. The lowest BCUT2D eigenvalue weighted by Gasteiger charge is -2.33. The van der Waals surface area contributed by atoms with Gasteiger partial charge in [-0.25, -0.2) is 9.37 Å². The number of nitrogens with one attached hydrogen (secondary N) is 1. The highest BCUT2D eigenvalue weighted by Gasteiger charge is 2.27. The Morgan fingerprint density at radius 3 is 2.68 bits per heavy atom. The van der Waals surface area contributed by atoms with Gasteiger partial charge in [-0.05, 0) is 84.8 Å². The van der Waals surface area contributed by atoms with Crippen molar-refractivity contribution in [2.45, 2.75) is 32.7 Å². The maximum atomic E-state index is 13.8. The van der Waals surface area contributed by atoms with Gasteiger partial charge in [0.25, 0.3) is 0 Å². The second kappa shape index (κ2) is 11.9. The molecule has 1 fully saturated rings. The van der Waals surface area contributed by atoms with Crippen molar-refractivity contribution in [1.82, 2.24) is 15.2 Å². The fourth-order valence-corrected chi connectivity index (χ4v) is 4.52. The summed E-state index contributed by atoms with van der Waals surface area (Å²) in [6.07, 6.45) is 22.0. The van der Waals surface area contributed by atoms with Crippen molar-refractivity contribution in [2.24, 2.45) is 16.6 Å². The predicted molar refractivity (Wildman–Crippen MR) is 156 cm³/mol. The standard InChI is InChI=1S/C32H34FN5/c1-6-23(27(18-35-5)14-21(3)26-16-28(34)17-26)15-25-9-7-8-24(11-10-20(25)2)29-19-36-38-32(29)31-13-12-30(33)22(4)37-31/h6-15,18-19,26,28H,2-3,16-17,34H2,1,4-5H3,(H,36,38)/b9-7+,11-10-,23-6+,24-8-,25-15-,27-14-,35-18-. The van der Waals surface area contributed by atoms with Gasteiger partial charge >= 0.3 is 0 Å². The number of aromatic nitrogens is 3. The van der Waals surface area contributed by atoms with E-state index >= 15 is 0 Å².